The normalized spacial score (nSPS) is 19.8. The lowest BCUT2D eigenvalue weighted by Crippen LogP contribution is -2.60. The number of carbonyl (C=O) groups is 2. The lowest BCUT2D eigenvalue weighted by Gasteiger charge is -2.40. The molecule has 1 amide bonds. The largest absolute Gasteiger partial charge is 0.466 e. The molecule has 0 bridgehead atoms. The first-order chi connectivity index (χ1) is 34.2. The summed E-state index contributed by atoms with van der Waals surface area (Å²) in [7, 11) is 0. The van der Waals surface area contributed by atoms with Crippen LogP contribution in [0.25, 0.3) is 0 Å². The van der Waals surface area contributed by atoms with Crippen LogP contribution in [0.1, 0.15) is 226 Å². The van der Waals surface area contributed by atoms with Crippen LogP contribution in [0, 0.1) is 0 Å². The van der Waals surface area contributed by atoms with E-state index in [9.17, 15) is 35.1 Å². The van der Waals surface area contributed by atoms with Crippen molar-refractivity contribution in [3.05, 3.63) is 72.9 Å². The van der Waals surface area contributed by atoms with Crippen LogP contribution in [0.5, 0.6) is 0 Å². The first kappa shape index (κ1) is 65.1. The van der Waals surface area contributed by atoms with Crippen LogP contribution in [0.15, 0.2) is 72.9 Å². The summed E-state index contributed by atoms with van der Waals surface area (Å²) in [4.78, 5) is 25.1. The van der Waals surface area contributed by atoms with E-state index >= 15 is 0 Å². The van der Waals surface area contributed by atoms with E-state index in [4.69, 9.17) is 14.2 Å². The van der Waals surface area contributed by atoms with Gasteiger partial charge in [-0.05, 0) is 103 Å². The van der Waals surface area contributed by atoms with E-state index in [0.717, 1.165) is 116 Å². The first-order valence-electron chi connectivity index (χ1n) is 28.2. The molecule has 11 nitrogen and oxygen atoms in total. The second-order valence-electron chi connectivity index (χ2n) is 19.3. The highest BCUT2D eigenvalue weighted by atomic mass is 16.7. The molecule has 404 valence electrons. The zero-order valence-electron chi connectivity index (χ0n) is 44.2. The third-order valence-corrected chi connectivity index (χ3v) is 12.8. The number of hydrogen-bond acceptors (Lipinski definition) is 10. The highest BCUT2D eigenvalue weighted by molar-refractivity contribution is 5.76. The molecule has 11 heteroatoms. The smallest absolute Gasteiger partial charge is 0.305 e. The zero-order valence-corrected chi connectivity index (χ0v) is 44.2. The molecule has 1 heterocycles. The van der Waals surface area contributed by atoms with Crippen LogP contribution in [0.3, 0.4) is 0 Å². The molecule has 0 aromatic heterocycles. The van der Waals surface area contributed by atoms with E-state index in [1.54, 1.807) is 6.08 Å². The second-order valence-corrected chi connectivity index (χ2v) is 19.3. The molecular weight excluding hydrogens is 883 g/mol. The van der Waals surface area contributed by atoms with Crippen molar-refractivity contribution >= 4 is 11.9 Å². The second kappa shape index (κ2) is 48.4. The highest BCUT2D eigenvalue weighted by Crippen LogP contribution is 2.23. The number of unbranched alkanes of at least 4 members (excludes halogenated alkanes) is 24. The molecule has 0 aliphatic carbocycles. The number of nitrogens with one attached hydrogen (secondary N) is 1. The minimum absolute atomic E-state index is 0.0583. The molecular formula is C59H103NO10. The number of hydrogen-bond donors (Lipinski definition) is 6. The molecule has 1 fully saturated rings. The number of ether oxygens (including phenoxy) is 3. The van der Waals surface area contributed by atoms with E-state index in [0.29, 0.717) is 19.4 Å². The SMILES string of the molecule is CCC/C=C\C/C=C\CCCCCCCC(=O)OCCCCC/C=C\C=C/CCCCCCCCC(=O)NC(COC1OC(CO)C(O)C(O)C1O)C(O)/C=C/CC/C=C/CCCCCCCCCC. The fourth-order valence-corrected chi connectivity index (χ4v) is 8.24. The molecule has 0 aromatic rings. The Kier molecular flexibility index (Phi) is 45.0. The zero-order chi connectivity index (χ0) is 51.0. The van der Waals surface area contributed by atoms with E-state index in [1.807, 2.05) is 6.08 Å². The van der Waals surface area contributed by atoms with Crippen molar-refractivity contribution in [2.24, 2.45) is 0 Å². The topological polar surface area (TPSA) is 175 Å². The summed E-state index contributed by atoms with van der Waals surface area (Å²) in [5.41, 5.74) is 0. The van der Waals surface area contributed by atoms with E-state index in [2.05, 4.69) is 79.9 Å². The molecule has 0 radical (unpaired) electrons. The molecule has 1 saturated heterocycles. The summed E-state index contributed by atoms with van der Waals surface area (Å²) >= 11 is 0. The minimum atomic E-state index is -1.59. The van der Waals surface area contributed by atoms with Crippen LogP contribution < -0.4 is 5.32 Å². The molecule has 0 aromatic carbocycles. The van der Waals surface area contributed by atoms with Gasteiger partial charge in [-0.25, -0.2) is 0 Å². The molecule has 7 atom stereocenters. The number of amides is 1. The molecule has 6 N–H and O–H groups in total. The van der Waals surface area contributed by atoms with Crippen molar-refractivity contribution < 1.29 is 49.3 Å². The van der Waals surface area contributed by atoms with Gasteiger partial charge in [0.05, 0.1) is 32.0 Å². The Morgan fingerprint density at radius 2 is 1.04 bits per heavy atom. The Balaban J connectivity index is 2.21. The summed E-state index contributed by atoms with van der Waals surface area (Å²) in [6, 6.07) is -0.846. The average Bonchev–Trinajstić information content (AvgIpc) is 3.36. The Hall–Kier alpha value is -2.90. The van der Waals surface area contributed by atoms with Gasteiger partial charge in [0.25, 0.3) is 0 Å². The first-order valence-corrected chi connectivity index (χ1v) is 28.2. The summed E-state index contributed by atoms with van der Waals surface area (Å²) < 4.78 is 16.6. The number of esters is 1. The third-order valence-electron chi connectivity index (χ3n) is 12.8. The van der Waals surface area contributed by atoms with Crippen LogP contribution in [-0.2, 0) is 23.8 Å². The van der Waals surface area contributed by atoms with Crippen molar-refractivity contribution in [3.63, 3.8) is 0 Å². The van der Waals surface area contributed by atoms with Crippen molar-refractivity contribution in [3.8, 4) is 0 Å². The van der Waals surface area contributed by atoms with Gasteiger partial charge in [0.15, 0.2) is 6.29 Å². The van der Waals surface area contributed by atoms with Gasteiger partial charge >= 0.3 is 5.97 Å². The van der Waals surface area contributed by atoms with Gasteiger partial charge in [0.2, 0.25) is 5.91 Å². The van der Waals surface area contributed by atoms with Crippen molar-refractivity contribution in [1.29, 1.82) is 0 Å². The van der Waals surface area contributed by atoms with Crippen LogP contribution in [-0.4, -0.2) is 100 Å². The highest BCUT2D eigenvalue weighted by Gasteiger charge is 2.44. The van der Waals surface area contributed by atoms with Gasteiger partial charge in [0, 0.05) is 12.8 Å². The fourth-order valence-electron chi connectivity index (χ4n) is 8.24. The number of allylic oxidation sites excluding steroid dienone is 11. The standard InChI is InChI=1S/C59H103NO10/c1-3-5-7-9-11-13-15-17-22-25-29-33-37-41-45-52(62)51(50-69-59-58(67)57(66)56(65)53(49-61)70-59)60-54(63)46-42-38-34-30-26-23-19-18-20-24-28-32-36-40-44-48-68-55(64)47-43-39-35-31-27-21-16-14-12-10-8-6-4-2/h8,10,14,16,18,20,24-25,28-29,41,45,51-53,56-59,61-62,65-67H,3-7,9,11-13,15,17,19,21-23,26-27,30-40,42-44,46-50H2,1-2H3,(H,60,63)/b10-8-,16-14-,20-18-,28-24-,29-25+,45-41+. The van der Waals surface area contributed by atoms with Gasteiger partial charge in [-0.2, -0.15) is 0 Å². The average molecular weight is 986 g/mol. The fraction of sp³-hybridized carbons (Fsp3) is 0.763. The molecule has 0 spiro atoms. The van der Waals surface area contributed by atoms with Crippen molar-refractivity contribution in [1.82, 2.24) is 5.32 Å². The maximum absolute atomic E-state index is 13.0. The molecule has 1 aliphatic heterocycles. The number of aliphatic hydroxyl groups is 5. The summed E-state index contributed by atoms with van der Waals surface area (Å²) in [5.74, 6) is -0.275. The van der Waals surface area contributed by atoms with E-state index < -0.39 is 49.5 Å². The summed E-state index contributed by atoms with van der Waals surface area (Å²) in [5, 5.41) is 54.3. The summed E-state index contributed by atoms with van der Waals surface area (Å²) in [6.07, 6.45) is 52.6. The number of rotatable bonds is 47. The Morgan fingerprint density at radius 3 is 1.64 bits per heavy atom. The van der Waals surface area contributed by atoms with Gasteiger partial charge in [-0.15, -0.1) is 0 Å². The van der Waals surface area contributed by atoms with E-state index in [-0.39, 0.29) is 18.5 Å². The lowest BCUT2D eigenvalue weighted by atomic mass is 9.99. The Morgan fingerprint density at radius 1 is 0.543 bits per heavy atom. The lowest BCUT2D eigenvalue weighted by molar-refractivity contribution is -0.302. The van der Waals surface area contributed by atoms with Crippen LogP contribution in [0.2, 0.25) is 0 Å². The third kappa shape index (κ3) is 37.8. The molecule has 0 saturated carbocycles. The van der Waals surface area contributed by atoms with Gasteiger partial charge in [-0.3, -0.25) is 9.59 Å². The van der Waals surface area contributed by atoms with Crippen LogP contribution >= 0.6 is 0 Å². The maximum atomic E-state index is 13.0. The predicted octanol–water partition coefficient (Wildman–Crippen LogP) is 12.4. The maximum Gasteiger partial charge on any atom is 0.305 e. The van der Waals surface area contributed by atoms with Gasteiger partial charge < -0.3 is 45.1 Å². The Bertz CT molecular complexity index is 1390. The number of aliphatic hydroxyl groups excluding tert-OH is 5. The molecule has 7 unspecified atom stereocenters. The van der Waals surface area contributed by atoms with Crippen LogP contribution in [0.4, 0.5) is 0 Å². The molecule has 1 aliphatic rings. The predicted molar refractivity (Wildman–Crippen MR) is 287 cm³/mol. The van der Waals surface area contributed by atoms with Crippen molar-refractivity contribution in [2.75, 3.05) is 19.8 Å². The van der Waals surface area contributed by atoms with Gasteiger partial charge in [0.1, 0.15) is 24.4 Å². The molecule has 1 rings (SSSR count). The monoisotopic (exact) mass is 986 g/mol. The quantitative estimate of drug-likeness (QED) is 0.0149. The van der Waals surface area contributed by atoms with Crippen molar-refractivity contribution in [2.45, 2.75) is 269 Å². The minimum Gasteiger partial charge on any atom is -0.466 e. The summed E-state index contributed by atoms with van der Waals surface area (Å²) in [6.45, 7) is 4.16. The molecule has 70 heavy (non-hydrogen) atoms. The van der Waals surface area contributed by atoms with Gasteiger partial charge in [-0.1, -0.05) is 183 Å². The van der Waals surface area contributed by atoms with E-state index in [1.165, 1.54) is 83.5 Å². The Labute approximate surface area is 426 Å². The number of carbonyl (C=O) groups excluding carboxylic acids is 2.